The fourth-order valence-corrected chi connectivity index (χ4v) is 4.82. The van der Waals surface area contributed by atoms with Crippen LogP contribution in [0.1, 0.15) is 57.4 Å². The van der Waals surface area contributed by atoms with Gasteiger partial charge in [0, 0.05) is 38.6 Å². The number of rotatable bonds is 10. The Hall–Kier alpha value is -3.14. The summed E-state index contributed by atoms with van der Waals surface area (Å²) < 4.78 is 10.3. The predicted molar refractivity (Wildman–Crippen MR) is 137 cm³/mol. The lowest BCUT2D eigenvalue weighted by Crippen LogP contribution is -2.53. The quantitative estimate of drug-likeness (QED) is 0.456. The van der Waals surface area contributed by atoms with Gasteiger partial charge >= 0.3 is 12.1 Å². The van der Waals surface area contributed by atoms with Crippen molar-refractivity contribution in [2.75, 3.05) is 32.8 Å². The lowest BCUT2D eigenvalue weighted by Gasteiger charge is -2.34. The van der Waals surface area contributed by atoms with Crippen molar-refractivity contribution in [2.45, 2.75) is 70.6 Å². The van der Waals surface area contributed by atoms with E-state index < -0.39 is 17.9 Å². The van der Waals surface area contributed by atoms with E-state index in [9.17, 15) is 19.2 Å². The zero-order chi connectivity index (χ0) is 26.6. The van der Waals surface area contributed by atoms with Gasteiger partial charge in [0.05, 0.1) is 19.1 Å². The summed E-state index contributed by atoms with van der Waals surface area (Å²) in [5, 5.41) is 2.88. The molecule has 2 fully saturated rings. The van der Waals surface area contributed by atoms with E-state index >= 15 is 0 Å². The SMILES string of the molecule is CCOC(=O)CC(N)C(=O)NC1CCCN(C(=O)CCC2CCN(C(=O)OCc3ccccc3)CC2)C1. The summed E-state index contributed by atoms with van der Waals surface area (Å²) in [7, 11) is 0. The molecule has 3 N–H and O–H groups in total. The van der Waals surface area contributed by atoms with Crippen molar-refractivity contribution >= 4 is 23.9 Å². The number of hydrogen-bond acceptors (Lipinski definition) is 7. The molecular weight excluding hydrogens is 476 g/mol. The molecule has 2 unspecified atom stereocenters. The molecule has 37 heavy (non-hydrogen) atoms. The number of esters is 1. The number of nitrogens with one attached hydrogen (secondary N) is 1. The van der Waals surface area contributed by atoms with Crippen LogP contribution in [0, 0.1) is 5.92 Å². The lowest BCUT2D eigenvalue weighted by molar-refractivity contribution is -0.145. The first-order valence-corrected chi connectivity index (χ1v) is 13.3. The summed E-state index contributed by atoms with van der Waals surface area (Å²) in [4.78, 5) is 52.7. The van der Waals surface area contributed by atoms with E-state index in [1.165, 1.54) is 0 Å². The first-order valence-electron chi connectivity index (χ1n) is 13.3. The smallest absolute Gasteiger partial charge is 0.410 e. The van der Waals surface area contributed by atoms with Crippen LogP contribution in [0.4, 0.5) is 4.79 Å². The van der Waals surface area contributed by atoms with Gasteiger partial charge in [-0.3, -0.25) is 14.4 Å². The highest BCUT2D eigenvalue weighted by molar-refractivity contribution is 5.86. The fraction of sp³-hybridized carbons (Fsp3) is 0.630. The van der Waals surface area contributed by atoms with Crippen LogP contribution in [0.25, 0.3) is 0 Å². The number of hydrogen-bond donors (Lipinski definition) is 2. The van der Waals surface area contributed by atoms with Crippen LogP contribution in [0.2, 0.25) is 0 Å². The molecule has 2 atom stereocenters. The van der Waals surface area contributed by atoms with Gasteiger partial charge in [0.2, 0.25) is 11.8 Å². The van der Waals surface area contributed by atoms with Crippen LogP contribution in [-0.4, -0.2) is 78.5 Å². The summed E-state index contributed by atoms with van der Waals surface area (Å²) in [5.41, 5.74) is 6.80. The number of likely N-dealkylation sites (tertiary alicyclic amines) is 2. The average Bonchev–Trinajstić information content (AvgIpc) is 2.91. The molecule has 0 spiro atoms. The van der Waals surface area contributed by atoms with Crippen molar-refractivity contribution in [3.8, 4) is 0 Å². The normalized spacial score (nSPS) is 19.1. The van der Waals surface area contributed by atoms with E-state index in [1.807, 2.05) is 30.3 Å². The third-order valence-electron chi connectivity index (χ3n) is 6.99. The van der Waals surface area contributed by atoms with Gasteiger partial charge in [-0.2, -0.15) is 0 Å². The minimum atomic E-state index is -0.966. The largest absolute Gasteiger partial charge is 0.466 e. The second-order valence-corrected chi connectivity index (χ2v) is 9.81. The average molecular weight is 517 g/mol. The minimum absolute atomic E-state index is 0.0828. The number of benzene rings is 1. The van der Waals surface area contributed by atoms with Gasteiger partial charge in [0.15, 0.2) is 0 Å². The third kappa shape index (κ3) is 9.35. The Labute approximate surface area is 218 Å². The standard InChI is InChI=1S/C27H40N4O6/c1-2-36-25(33)17-23(28)26(34)29-22-9-6-14-31(18-22)24(32)11-10-20-12-15-30(16-13-20)27(35)37-19-21-7-4-3-5-8-21/h3-5,7-8,20,22-23H,2,6,9-19,28H2,1H3,(H,29,34). The van der Waals surface area contributed by atoms with E-state index in [-0.39, 0.29) is 37.7 Å². The van der Waals surface area contributed by atoms with Crippen molar-refractivity contribution in [2.24, 2.45) is 11.7 Å². The van der Waals surface area contributed by atoms with Gasteiger partial charge < -0.3 is 30.3 Å². The Morgan fingerprint density at radius 3 is 2.46 bits per heavy atom. The fourth-order valence-electron chi connectivity index (χ4n) is 4.82. The van der Waals surface area contributed by atoms with Gasteiger partial charge in [-0.15, -0.1) is 0 Å². The maximum Gasteiger partial charge on any atom is 0.410 e. The van der Waals surface area contributed by atoms with E-state index in [1.54, 1.807) is 16.7 Å². The van der Waals surface area contributed by atoms with E-state index in [0.29, 0.717) is 38.5 Å². The highest BCUT2D eigenvalue weighted by atomic mass is 16.6. The lowest BCUT2D eigenvalue weighted by atomic mass is 9.92. The van der Waals surface area contributed by atoms with E-state index in [4.69, 9.17) is 15.2 Å². The summed E-state index contributed by atoms with van der Waals surface area (Å²) in [6, 6.07) is 8.47. The van der Waals surface area contributed by atoms with Crippen molar-refractivity contribution in [3.63, 3.8) is 0 Å². The number of nitrogens with zero attached hydrogens (tertiary/aromatic N) is 2. The molecule has 10 nitrogen and oxygen atoms in total. The summed E-state index contributed by atoms with van der Waals surface area (Å²) in [5.74, 6) is -0.426. The predicted octanol–water partition coefficient (Wildman–Crippen LogP) is 2.20. The van der Waals surface area contributed by atoms with E-state index in [0.717, 1.165) is 37.7 Å². The molecule has 1 aromatic rings. The van der Waals surface area contributed by atoms with Crippen molar-refractivity contribution in [1.29, 1.82) is 0 Å². The molecule has 2 aliphatic heterocycles. The Morgan fingerprint density at radius 1 is 1.03 bits per heavy atom. The molecule has 0 aromatic heterocycles. The van der Waals surface area contributed by atoms with E-state index in [2.05, 4.69) is 5.32 Å². The molecule has 0 saturated carbocycles. The van der Waals surface area contributed by atoms with Gasteiger partial charge in [-0.05, 0) is 50.5 Å². The van der Waals surface area contributed by atoms with Gasteiger partial charge in [-0.1, -0.05) is 30.3 Å². The molecular formula is C27H40N4O6. The summed E-state index contributed by atoms with van der Waals surface area (Å²) in [6.07, 6.45) is 4.04. The number of nitrogens with two attached hydrogens (primary N) is 1. The number of carbonyl (C=O) groups is 4. The van der Waals surface area contributed by atoms with Crippen LogP contribution in [0.5, 0.6) is 0 Å². The molecule has 204 valence electrons. The van der Waals surface area contributed by atoms with Crippen LogP contribution >= 0.6 is 0 Å². The van der Waals surface area contributed by atoms with Crippen molar-refractivity contribution in [1.82, 2.24) is 15.1 Å². The minimum Gasteiger partial charge on any atom is -0.466 e. The van der Waals surface area contributed by atoms with Crippen molar-refractivity contribution < 1.29 is 28.7 Å². The Kier molecular flexibility index (Phi) is 11.2. The third-order valence-corrected chi connectivity index (χ3v) is 6.99. The molecule has 3 amide bonds. The summed E-state index contributed by atoms with van der Waals surface area (Å²) in [6.45, 7) is 4.60. The number of piperidine rings is 2. The number of carbonyl (C=O) groups excluding carboxylic acids is 4. The highest BCUT2D eigenvalue weighted by Crippen LogP contribution is 2.23. The van der Waals surface area contributed by atoms with Crippen LogP contribution in [0.15, 0.2) is 30.3 Å². The molecule has 10 heteroatoms. The van der Waals surface area contributed by atoms with Gasteiger partial charge in [0.25, 0.3) is 0 Å². The first-order chi connectivity index (χ1) is 17.9. The monoisotopic (exact) mass is 516 g/mol. The first kappa shape index (κ1) is 28.4. The van der Waals surface area contributed by atoms with Gasteiger partial charge in [-0.25, -0.2) is 4.79 Å². The van der Waals surface area contributed by atoms with Crippen molar-refractivity contribution in [3.05, 3.63) is 35.9 Å². The molecule has 0 bridgehead atoms. The molecule has 0 aliphatic carbocycles. The Bertz CT molecular complexity index is 903. The topological polar surface area (TPSA) is 131 Å². The molecule has 2 saturated heterocycles. The zero-order valence-electron chi connectivity index (χ0n) is 21.7. The Balaban J connectivity index is 1.33. The highest BCUT2D eigenvalue weighted by Gasteiger charge is 2.29. The zero-order valence-corrected chi connectivity index (χ0v) is 21.7. The van der Waals surface area contributed by atoms with Crippen LogP contribution in [-0.2, 0) is 30.5 Å². The van der Waals surface area contributed by atoms with Gasteiger partial charge in [0.1, 0.15) is 6.61 Å². The second-order valence-electron chi connectivity index (χ2n) is 9.81. The Morgan fingerprint density at radius 2 is 1.76 bits per heavy atom. The molecule has 2 aliphatic rings. The van der Waals surface area contributed by atoms with Crippen LogP contribution in [0.3, 0.4) is 0 Å². The van der Waals surface area contributed by atoms with Crippen LogP contribution < -0.4 is 11.1 Å². The summed E-state index contributed by atoms with van der Waals surface area (Å²) >= 11 is 0. The number of amides is 3. The molecule has 3 rings (SSSR count). The molecule has 0 radical (unpaired) electrons. The second kappa shape index (κ2) is 14.6. The molecule has 2 heterocycles. The maximum absolute atomic E-state index is 12.9. The maximum atomic E-state index is 12.9. The number of ether oxygens (including phenoxy) is 2. The molecule has 1 aromatic carbocycles.